The van der Waals surface area contributed by atoms with E-state index in [1.165, 1.54) is 81.7 Å². The van der Waals surface area contributed by atoms with Gasteiger partial charge in [-0.3, -0.25) is 9.69 Å². The number of fused-ring (bicyclic) bond motifs is 1. The van der Waals surface area contributed by atoms with Crippen LogP contribution in [0.25, 0.3) is 0 Å². The van der Waals surface area contributed by atoms with Crippen molar-refractivity contribution in [1.29, 1.82) is 0 Å². The third kappa shape index (κ3) is 6.98. The number of nitrogens with zero attached hydrogens (tertiary/aromatic N) is 6. The molecule has 1 amide bonds. The van der Waals surface area contributed by atoms with Gasteiger partial charge in [-0.05, 0) is 89.0 Å². The summed E-state index contributed by atoms with van der Waals surface area (Å²) in [7, 11) is 3.32. The van der Waals surface area contributed by atoms with Crippen molar-refractivity contribution < 1.29 is 14.6 Å². The van der Waals surface area contributed by atoms with E-state index < -0.39 is 5.72 Å². The second-order valence-corrected chi connectivity index (χ2v) is 14.0. The second-order valence-electron chi connectivity index (χ2n) is 14.0. The maximum Gasteiger partial charge on any atom is 0.280 e. The lowest BCUT2D eigenvalue weighted by atomic mass is 9.89. The molecule has 0 bridgehead atoms. The normalized spacial score (nSPS) is 26.0. The minimum absolute atomic E-state index is 0.154. The molecule has 46 heavy (non-hydrogen) atoms. The van der Waals surface area contributed by atoms with Gasteiger partial charge in [-0.1, -0.05) is 13.0 Å². The summed E-state index contributed by atoms with van der Waals surface area (Å²) in [6, 6.07) is 7.41. The van der Waals surface area contributed by atoms with Crippen LogP contribution in [0.4, 0.5) is 23.1 Å². The molecule has 1 aromatic heterocycles. The van der Waals surface area contributed by atoms with Gasteiger partial charge in [0.05, 0.1) is 19.0 Å². The fourth-order valence-corrected chi connectivity index (χ4v) is 7.65. The lowest BCUT2D eigenvalue weighted by Gasteiger charge is -2.47. The molecule has 2 aromatic rings. The minimum atomic E-state index is -1.67. The van der Waals surface area contributed by atoms with E-state index in [2.05, 4.69) is 37.6 Å². The predicted molar refractivity (Wildman–Crippen MR) is 183 cm³/mol. The second kappa shape index (κ2) is 14.0. The number of nitrogens with one attached hydrogen (secondary N) is 2. The minimum Gasteiger partial charge on any atom is -0.495 e. The summed E-state index contributed by atoms with van der Waals surface area (Å²) in [5, 5.41) is 18.5. The smallest absolute Gasteiger partial charge is 0.280 e. The fourth-order valence-electron chi connectivity index (χ4n) is 7.65. The van der Waals surface area contributed by atoms with E-state index in [0.717, 1.165) is 36.4 Å². The number of likely N-dealkylation sites (N-methyl/N-ethyl adjacent to an activating group) is 1. The number of carbonyl (C=O) groups excluding carboxylic acids is 1. The molecule has 3 fully saturated rings. The number of benzene rings is 1. The average Bonchev–Trinajstić information content (AvgIpc) is 3.89. The summed E-state index contributed by atoms with van der Waals surface area (Å²) in [6.07, 6.45) is 10.8. The summed E-state index contributed by atoms with van der Waals surface area (Å²) in [5.74, 6) is 2.22. The van der Waals surface area contributed by atoms with Crippen molar-refractivity contribution in [3.63, 3.8) is 0 Å². The zero-order chi connectivity index (χ0) is 32.4. The topological polar surface area (TPSA) is 109 Å². The number of amides is 1. The van der Waals surface area contributed by atoms with Crippen LogP contribution >= 0.6 is 0 Å². The van der Waals surface area contributed by atoms with Crippen molar-refractivity contribution in [3.05, 3.63) is 30.0 Å². The zero-order valence-corrected chi connectivity index (χ0v) is 28.5. The Hall–Kier alpha value is -2.99. The monoisotopic (exact) mass is 634 g/mol. The molecule has 4 aliphatic rings. The first-order valence-electron chi connectivity index (χ1n) is 17.5. The average molecular weight is 635 g/mol. The number of anilines is 4. The van der Waals surface area contributed by atoms with Gasteiger partial charge in [-0.2, -0.15) is 4.98 Å². The third-order valence-corrected chi connectivity index (χ3v) is 10.6. The number of rotatable bonds is 12. The van der Waals surface area contributed by atoms with Crippen molar-refractivity contribution in [3.8, 4) is 5.75 Å². The van der Waals surface area contributed by atoms with E-state index in [1.807, 2.05) is 19.9 Å². The Morgan fingerprint density at radius 1 is 1.09 bits per heavy atom. The van der Waals surface area contributed by atoms with Crippen LogP contribution in [0, 0.1) is 5.92 Å². The van der Waals surface area contributed by atoms with E-state index in [-0.39, 0.29) is 18.4 Å². The van der Waals surface area contributed by atoms with Gasteiger partial charge in [-0.25, -0.2) is 4.98 Å². The lowest BCUT2D eigenvalue weighted by molar-refractivity contribution is -0.138. The molecule has 0 radical (unpaired) electrons. The summed E-state index contributed by atoms with van der Waals surface area (Å²) < 4.78 is 5.76. The number of aliphatic hydroxyl groups is 1. The van der Waals surface area contributed by atoms with Crippen molar-refractivity contribution in [2.24, 2.45) is 5.92 Å². The number of hydrogen-bond acceptors (Lipinski definition) is 10. The SMILES string of the molecule is CCC1(O)C(=O)N(C)c2cnc(Nc3ccc(CCNC4CCC(N5CCN(CC6CC6)CC5)CC4)cc3OC)nc2N1C(C)C. The van der Waals surface area contributed by atoms with Crippen LogP contribution in [0.3, 0.4) is 0 Å². The largest absolute Gasteiger partial charge is 0.495 e. The highest BCUT2D eigenvalue weighted by Gasteiger charge is 2.50. The molecular weight excluding hydrogens is 580 g/mol. The van der Waals surface area contributed by atoms with Crippen molar-refractivity contribution in [2.75, 3.05) is 68.5 Å². The van der Waals surface area contributed by atoms with E-state index in [4.69, 9.17) is 9.72 Å². The Morgan fingerprint density at radius 3 is 2.48 bits per heavy atom. The molecule has 2 saturated carbocycles. The van der Waals surface area contributed by atoms with Gasteiger partial charge in [0.15, 0.2) is 5.82 Å². The molecule has 3 N–H and O–H groups in total. The summed E-state index contributed by atoms with van der Waals surface area (Å²) in [5.41, 5.74) is 0.859. The molecule has 2 aliphatic heterocycles. The predicted octanol–water partition coefficient (Wildman–Crippen LogP) is 3.99. The van der Waals surface area contributed by atoms with E-state index in [0.29, 0.717) is 23.5 Å². The Balaban J connectivity index is 1.01. The highest BCUT2D eigenvalue weighted by molar-refractivity contribution is 6.06. The first-order valence-corrected chi connectivity index (χ1v) is 17.5. The summed E-state index contributed by atoms with van der Waals surface area (Å²) in [4.78, 5) is 30.9. The van der Waals surface area contributed by atoms with Gasteiger partial charge >= 0.3 is 0 Å². The summed E-state index contributed by atoms with van der Waals surface area (Å²) in [6.45, 7) is 13.0. The van der Waals surface area contributed by atoms with Crippen LogP contribution in [-0.4, -0.2) is 108 Å². The van der Waals surface area contributed by atoms with Crippen LogP contribution in [0.5, 0.6) is 5.75 Å². The van der Waals surface area contributed by atoms with Crippen molar-refractivity contribution in [2.45, 2.75) is 96.0 Å². The number of carbonyl (C=O) groups is 1. The first kappa shape index (κ1) is 32.9. The molecule has 2 aliphatic carbocycles. The molecule has 6 rings (SSSR count). The summed E-state index contributed by atoms with van der Waals surface area (Å²) >= 11 is 0. The molecule has 252 valence electrons. The highest BCUT2D eigenvalue weighted by Crippen LogP contribution is 2.41. The molecule has 1 atom stereocenters. The van der Waals surface area contributed by atoms with Gasteiger partial charge < -0.3 is 35.2 Å². The molecular formula is C35H54N8O3. The van der Waals surface area contributed by atoms with Crippen LogP contribution in [0.1, 0.15) is 71.3 Å². The van der Waals surface area contributed by atoms with Crippen LogP contribution in [0.15, 0.2) is 24.4 Å². The van der Waals surface area contributed by atoms with Gasteiger partial charge in [0.1, 0.15) is 11.4 Å². The van der Waals surface area contributed by atoms with Gasteiger partial charge in [-0.15, -0.1) is 0 Å². The van der Waals surface area contributed by atoms with Crippen molar-refractivity contribution >= 4 is 29.0 Å². The van der Waals surface area contributed by atoms with Crippen LogP contribution < -0.4 is 25.2 Å². The van der Waals surface area contributed by atoms with E-state index >= 15 is 0 Å². The maximum atomic E-state index is 13.1. The van der Waals surface area contributed by atoms with E-state index in [1.54, 1.807) is 32.2 Å². The molecule has 1 saturated heterocycles. The quantitative estimate of drug-likeness (QED) is 0.317. The Bertz CT molecular complexity index is 1350. The maximum absolute atomic E-state index is 13.1. The number of hydrogen-bond donors (Lipinski definition) is 3. The highest BCUT2D eigenvalue weighted by atomic mass is 16.5. The van der Waals surface area contributed by atoms with Gasteiger partial charge in [0, 0.05) is 64.3 Å². The fraction of sp³-hybridized carbons (Fsp3) is 0.686. The van der Waals surface area contributed by atoms with E-state index in [9.17, 15) is 9.90 Å². The Morgan fingerprint density at radius 2 is 1.83 bits per heavy atom. The third-order valence-electron chi connectivity index (χ3n) is 10.6. The number of ether oxygens (including phenoxy) is 1. The molecule has 11 nitrogen and oxygen atoms in total. The first-order chi connectivity index (χ1) is 22.2. The molecule has 0 spiro atoms. The Kier molecular flexibility index (Phi) is 10.0. The van der Waals surface area contributed by atoms with Gasteiger partial charge in [0.2, 0.25) is 11.7 Å². The zero-order valence-electron chi connectivity index (χ0n) is 28.5. The molecule has 1 aromatic carbocycles. The van der Waals surface area contributed by atoms with Crippen LogP contribution in [-0.2, 0) is 11.2 Å². The molecule has 11 heteroatoms. The number of aromatic nitrogens is 2. The van der Waals surface area contributed by atoms with Crippen LogP contribution in [0.2, 0.25) is 0 Å². The molecule has 3 heterocycles. The number of piperazine rings is 1. The molecule has 1 unspecified atom stereocenters. The standard InChI is InChI=1S/C35H54N8O3/c1-6-35(45)33(44)40(4)30-22-37-34(39-32(30)43(35)24(2)3)38-29-14-9-25(21-31(29)46-5)15-16-36-27-10-12-28(13-11-27)42-19-17-41(18-20-42)23-26-7-8-26/h9,14,21-22,24,26-28,36,45H,6-8,10-13,15-20,23H2,1-5H3,(H,37,38,39). The number of methoxy groups -OCH3 is 1. The van der Waals surface area contributed by atoms with Crippen molar-refractivity contribution in [1.82, 2.24) is 25.1 Å². The lowest BCUT2D eigenvalue weighted by Crippen LogP contribution is -2.65. The Labute approximate surface area is 274 Å². The van der Waals surface area contributed by atoms with Gasteiger partial charge in [0.25, 0.3) is 5.91 Å².